The summed E-state index contributed by atoms with van der Waals surface area (Å²) in [5.74, 6) is -0.447. The molecule has 1 atom stereocenters. The van der Waals surface area contributed by atoms with Gasteiger partial charge < -0.3 is 15.2 Å². The Kier molecular flexibility index (Phi) is 8.40. The first-order valence-electron chi connectivity index (χ1n) is 2.54. The maximum absolute atomic E-state index is 10.5. The van der Waals surface area contributed by atoms with E-state index in [1.807, 2.05) is 0 Å². The van der Waals surface area contributed by atoms with Crippen molar-refractivity contribution in [2.75, 3.05) is 20.8 Å². The third-order valence-electron chi connectivity index (χ3n) is 0.850. The number of hydrogen-bond donors (Lipinski definition) is 1. The van der Waals surface area contributed by atoms with Crippen LogP contribution >= 0.6 is 12.4 Å². The van der Waals surface area contributed by atoms with Gasteiger partial charge in [-0.1, -0.05) is 0 Å². The third kappa shape index (κ3) is 4.55. The van der Waals surface area contributed by atoms with Crippen LogP contribution in [0.2, 0.25) is 0 Å². The molecule has 5 heteroatoms. The molecule has 0 amide bonds. The van der Waals surface area contributed by atoms with Crippen molar-refractivity contribution >= 4 is 18.4 Å². The van der Waals surface area contributed by atoms with Crippen molar-refractivity contribution in [1.29, 1.82) is 0 Å². The predicted octanol–water partition coefficient (Wildman–Crippen LogP) is -0.445. The Hall–Kier alpha value is -0.320. The summed E-state index contributed by atoms with van der Waals surface area (Å²) in [4.78, 5) is 10.5. The molecule has 10 heavy (non-hydrogen) atoms. The monoisotopic (exact) mass is 169 g/mol. The van der Waals surface area contributed by atoms with Gasteiger partial charge in [-0.2, -0.15) is 0 Å². The van der Waals surface area contributed by atoms with Crippen LogP contribution < -0.4 is 5.73 Å². The van der Waals surface area contributed by atoms with Crippen LogP contribution in [-0.2, 0) is 14.3 Å². The topological polar surface area (TPSA) is 61.5 Å². The van der Waals surface area contributed by atoms with Gasteiger partial charge in [0, 0.05) is 7.11 Å². The largest absolute Gasteiger partial charge is 0.468 e. The smallest absolute Gasteiger partial charge is 0.325 e. The zero-order valence-corrected chi connectivity index (χ0v) is 6.81. The molecule has 0 heterocycles. The number of ether oxygens (including phenoxy) is 2. The minimum absolute atomic E-state index is 0. The van der Waals surface area contributed by atoms with Crippen LogP contribution in [0.25, 0.3) is 0 Å². The molecule has 2 N–H and O–H groups in total. The van der Waals surface area contributed by atoms with E-state index in [9.17, 15) is 4.79 Å². The normalized spacial score (nSPS) is 11.5. The zero-order valence-electron chi connectivity index (χ0n) is 5.99. The molecule has 0 saturated carbocycles. The van der Waals surface area contributed by atoms with Crippen molar-refractivity contribution < 1.29 is 14.3 Å². The second kappa shape index (κ2) is 6.80. The minimum Gasteiger partial charge on any atom is -0.468 e. The van der Waals surface area contributed by atoms with Gasteiger partial charge in [-0.3, -0.25) is 4.79 Å². The van der Waals surface area contributed by atoms with Gasteiger partial charge in [0.15, 0.2) is 0 Å². The van der Waals surface area contributed by atoms with Gasteiger partial charge in [0.05, 0.1) is 13.7 Å². The molecule has 0 fully saturated rings. The number of carbonyl (C=O) groups excluding carboxylic acids is 1. The summed E-state index contributed by atoms with van der Waals surface area (Å²) in [6.45, 7) is 0.201. The Morgan fingerprint density at radius 2 is 2.10 bits per heavy atom. The van der Waals surface area contributed by atoms with Crippen molar-refractivity contribution in [1.82, 2.24) is 0 Å². The van der Waals surface area contributed by atoms with E-state index in [1.165, 1.54) is 14.2 Å². The zero-order chi connectivity index (χ0) is 7.28. The first-order chi connectivity index (χ1) is 4.22. The molecule has 0 bridgehead atoms. The first kappa shape index (κ1) is 12.4. The van der Waals surface area contributed by atoms with Crippen LogP contribution in [0, 0.1) is 0 Å². The quantitative estimate of drug-likeness (QED) is 0.582. The molecule has 0 unspecified atom stereocenters. The summed E-state index contributed by atoms with van der Waals surface area (Å²) in [5.41, 5.74) is 5.24. The molecular formula is C5H12ClNO3. The highest BCUT2D eigenvalue weighted by atomic mass is 35.5. The lowest BCUT2D eigenvalue weighted by Crippen LogP contribution is -2.35. The van der Waals surface area contributed by atoms with Gasteiger partial charge in [-0.15, -0.1) is 12.4 Å². The van der Waals surface area contributed by atoms with Gasteiger partial charge in [0.25, 0.3) is 0 Å². The molecule has 0 aliphatic rings. The van der Waals surface area contributed by atoms with Crippen molar-refractivity contribution in [3.05, 3.63) is 0 Å². The summed E-state index contributed by atoms with van der Waals surface area (Å²) in [5, 5.41) is 0. The molecule has 0 spiro atoms. The Balaban J connectivity index is 0. The Labute approximate surface area is 66.1 Å². The van der Waals surface area contributed by atoms with Gasteiger partial charge in [-0.25, -0.2) is 0 Å². The molecule has 0 rings (SSSR count). The highest BCUT2D eigenvalue weighted by molar-refractivity contribution is 5.85. The van der Waals surface area contributed by atoms with Crippen LogP contribution in [0.4, 0.5) is 0 Å². The number of carbonyl (C=O) groups is 1. The molecule has 0 radical (unpaired) electrons. The Morgan fingerprint density at radius 1 is 1.60 bits per heavy atom. The molecule has 0 aromatic heterocycles. The molecule has 0 aromatic carbocycles. The van der Waals surface area contributed by atoms with Crippen LogP contribution in [0.3, 0.4) is 0 Å². The number of nitrogens with two attached hydrogens (primary N) is 1. The Bertz CT molecular complexity index is 98.9. The number of halogens is 1. The van der Waals surface area contributed by atoms with Crippen LogP contribution in [-0.4, -0.2) is 32.8 Å². The van der Waals surface area contributed by atoms with Gasteiger partial charge in [-0.05, 0) is 0 Å². The lowest BCUT2D eigenvalue weighted by Gasteiger charge is -2.05. The number of hydrogen-bond acceptors (Lipinski definition) is 4. The van der Waals surface area contributed by atoms with Crippen molar-refractivity contribution in [2.24, 2.45) is 5.73 Å². The Morgan fingerprint density at radius 3 is 2.40 bits per heavy atom. The average Bonchev–Trinajstić information content (AvgIpc) is 1.87. The van der Waals surface area contributed by atoms with Crippen molar-refractivity contribution in [3.63, 3.8) is 0 Å². The summed E-state index contributed by atoms with van der Waals surface area (Å²) in [6, 6.07) is -0.653. The number of methoxy groups -OCH3 is 2. The van der Waals surface area contributed by atoms with Crippen molar-refractivity contribution in [2.45, 2.75) is 6.04 Å². The maximum Gasteiger partial charge on any atom is 0.325 e. The standard InChI is InChI=1S/C5H11NO3.ClH/c1-8-3-4(6)5(7)9-2;/h4H,3,6H2,1-2H3;1H/t4-;/m0./s1. The lowest BCUT2D eigenvalue weighted by atomic mass is 10.3. The van der Waals surface area contributed by atoms with E-state index in [-0.39, 0.29) is 19.0 Å². The SMILES string of the molecule is COC[C@H](N)C(=O)OC.Cl. The van der Waals surface area contributed by atoms with E-state index in [0.29, 0.717) is 0 Å². The van der Waals surface area contributed by atoms with Gasteiger partial charge >= 0.3 is 5.97 Å². The van der Waals surface area contributed by atoms with E-state index in [2.05, 4.69) is 9.47 Å². The van der Waals surface area contributed by atoms with E-state index >= 15 is 0 Å². The summed E-state index contributed by atoms with van der Waals surface area (Å²) in [7, 11) is 2.76. The molecule has 4 nitrogen and oxygen atoms in total. The number of esters is 1. The number of rotatable bonds is 3. The molecular weight excluding hydrogens is 158 g/mol. The van der Waals surface area contributed by atoms with E-state index in [4.69, 9.17) is 5.73 Å². The van der Waals surface area contributed by atoms with E-state index < -0.39 is 12.0 Å². The first-order valence-corrected chi connectivity index (χ1v) is 2.54. The minimum atomic E-state index is -0.653. The summed E-state index contributed by atoms with van der Waals surface area (Å²) >= 11 is 0. The maximum atomic E-state index is 10.5. The van der Waals surface area contributed by atoms with Gasteiger partial charge in [0.2, 0.25) is 0 Å². The molecule has 62 valence electrons. The summed E-state index contributed by atoms with van der Waals surface area (Å²) < 4.78 is 8.92. The lowest BCUT2D eigenvalue weighted by molar-refractivity contribution is -0.143. The van der Waals surface area contributed by atoms with Gasteiger partial charge in [0.1, 0.15) is 6.04 Å². The van der Waals surface area contributed by atoms with E-state index in [0.717, 1.165) is 0 Å². The molecule has 0 aliphatic carbocycles. The van der Waals surface area contributed by atoms with E-state index in [1.54, 1.807) is 0 Å². The fraction of sp³-hybridized carbons (Fsp3) is 0.800. The van der Waals surface area contributed by atoms with Crippen LogP contribution in [0.15, 0.2) is 0 Å². The highest BCUT2D eigenvalue weighted by Crippen LogP contribution is 1.82. The molecule has 0 aliphatic heterocycles. The molecule has 0 aromatic rings. The fourth-order valence-electron chi connectivity index (χ4n) is 0.399. The summed E-state index contributed by atoms with van der Waals surface area (Å²) in [6.07, 6.45) is 0. The van der Waals surface area contributed by atoms with Crippen LogP contribution in [0.5, 0.6) is 0 Å². The predicted molar refractivity (Wildman–Crippen MR) is 39.1 cm³/mol. The molecule has 0 saturated heterocycles. The average molecular weight is 170 g/mol. The van der Waals surface area contributed by atoms with Crippen molar-refractivity contribution in [3.8, 4) is 0 Å². The third-order valence-corrected chi connectivity index (χ3v) is 0.850. The fourth-order valence-corrected chi connectivity index (χ4v) is 0.399. The highest BCUT2D eigenvalue weighted by Gasteiger charge is 2.11. The second-order valence-electron chi connectivity index (χ2n) is 1.58. The second-order valence-corrected chi connectivity index (χ2v) is 1.58. The van der Waals surface area contributed by atoms with Crippen LogP contribution in [0.1, 0.15) is 0 Å².